The van der Waals surface area contributed by atoms with Gasteiger partial charge in [-0.25, -0.2) is 4.79 Å². The Labute approximate surface area is 185 Å². The molecule has 4 rings (SSSR count). The molecule has 0 radical (unpaired) electrons. The predicted molar refractivity (Wildman–Crippen MR) is 121 cm³/mol. The first-order valence-corrected chi connectivity index (χ1v) is 10.3. The lowest BCUT2D eigenvalue weighted by Gasteiger charge is -2.13. The van der Waals surface area contributed by atoms with Crippen molar-refractivity contribution in [2.45, 2.75) is 20.0 Å². The smallest absolute Gasteiger partial charge is 0.347 e. The molecule has 0 aliphatic rings. The van der Waals surface area contributed by atoms with Gasteiger partial charge in [0.25, 0.3) is 0 Å². The Hall–Kier alpha value is -4.06. The Kier molecular flexibility index (Phi) is 6.22. The maximum absolute atomic E-state index is 12.8. The molecule has 6 nitrogen and oxygen atoms in total. The lowest BCUT2D eigenvalue weighted by Crippen LogP contribution is -2.26. The molecule has 0 amide bonds. The second kappa shape index (κ2) is 9.39. The van der Waals surface area contributed by atoms with E-state index in [1.165, 1.54) is 6.26 Å². The molecule has 0 spiro atoms. The molecular weight excluding hydrogens is 408 g/mol. The summed E-state index contributed by atoms with van der Waals surface area (Å²) in [7, 11) is 0. The summed E-state index contributed by atoms with van der Waals surface area (Å²) in [6.45, 7) is 3.60. The number of carbonyl (C=O) groups is 1. The van der Waals surface area contributed by atoms with Crippen LogP contribution in [0.25, 0.3) is 22.1 Å². The van der Waals surface area contributed by atoms with E-state index in [-0.39, 0.29) is 17.8 Å². The average Bonchev–Trinajstić information content (AvgIpc) is 2.82. The lowest BCUT2D eigenvalue weighted by atomic mass is 10.1. The third kappa shape index (κ3) is 4.64. The van der Waals surface area contributed by atoms with E-state index in [1.807, 2.05) is 42.5 Å². The van der Waals surface area contributed by atoms with Gasteiger partial charge in [-0.15, -0.1) is 0 Å². The van der Waals surface area contributed by atoms with E-state index < -0.39 is 12.1 Å². The van der Waals surface area contributed by atoms with Gasteiger partial charge >= 0.3 is 5.97 Å². The van der Waals surface area contributed by atoms with Crippen LogP contribution in [0.5, 0.6) is 17.2 Å². The van der Waals surface area contributed by atoms with Crippen LogP contribution in [0.1, 0.15) is 13.8 Å². The number of benzene rings is 3. The SMILES string of the molecule is CCOC(=O)[C@H](C)Oc1ccc2c(=O)c(Oc3ccc(-c4ccccc4)cc3)coc2c1. The number of fused-ring (bicyclic) bond motifs is 1. The summed E-state index contributed by atoms with van der Waals surface area (Å²) in [6, 6.07) is 22.2. The number of hydrogen-bond donors (Lipinski definition) is 0. The monoisotopic (exact) mass is 430 g/mol. The normalized spacial score (nSPS) is 11.7. The molecule has 1 aromatic heterocycles. The third-order valence-electron chi connectivity index (χ3n) is 4.84. The van der Waals surface area contributed by atoms with Gasteiger partial charge in [-0.1, -0.05) is 42.5 Å². The van der Waals surface area contributed by atoms with Crippen LogP contribution >= 0.6 is 0 Å². The highest BCUT2D eigenvalue weighted by molar-refractivity contribution is 5.79. The van der Waals surface area contributed by atoms with Crippen LogP contribution in [0.4, 0.5) is 0 Å². The summed E-state index contributed by atoms with van der Waals surface area (Å²) in [4.78, 5) is 24.6. The lowest BCUT2D eigenvalue weighted by molar-refractivity contribution is -0.150. The first-order chi connectivity index (χ1) is 15.5. The fourth-order valence-corrected chi connectivity index (χ4v) is 3.22. The van der Waals surface area contributed by atoms with Gasteiger partial charge in [0.2, 0.25) is 11.2 Å². The van der Waals surface area contributed by atoms with E-state index in [2.05, 4.69) is 0 Å². The molecule has 0 aliphatic carbocycles. The van der Waals surface area contributed by atoms with Gasteiger partial charge in [-0.3, -0.25) is 4.79 Å². The van der Waals surface area contributed by atoms with E-state index >= 15 is 0 Å². The number of carbonyl (C=O) groups excluding carboxylic acids is 1. The topological polar surface area (TPSA) is 75.0 Å². The molecule has 0 N–H and O–H groups in total. The number of ether oxygens (including phenoxy) is 3. The Bertz CT molecular complexity index is 1280. The van der Waals surface area contributed by atoms with Crippen LogP contribution < -0.4 is 14.9 Å². The highest BCUT2D eigenvalue weighted by atomic mass is 16.6. The Balaban J connectivity index is 1.52. The van der Waals surface area contributed by atoms with E-state index in [0.29, 0.717) is 22.5 Å². The third-order valence-corrected chi connectivity index (χ3v) is 4.84. The zero-order valence-corrected chi connectivity index (χ0v) is 17.7. The van der Waals surface area contributed by atoms with Gasteiger partial charge in [-0.2, -0.15) is 0 Å². The van der Waals surface area contributed by atoms with Crippen molar-refractivity contribution in [1.82, 2.24) is 0 Å². The zero-order valence-electron chi connectivity index (χ0n) is 17.7. The molecule has 0 unspecified atom stereocenters. The van der Waals surface area contributed by atoms with Crippen molar-refractivity contribution in [1.29, 1.82) is 0 Å². The van der Waals surface area contributed by atoms with Crippen molar-refractivity contribution in [2.24, 2.45) is 0 Å². The Morgan fingerprint density at radius 3 is 2.34 bits per heavy atom. The molecule has 32 heavy (non-hydrogen) atoms. The quantitative estimate of drug-likeness (QED) is 0.356. The molecule has 3 aromatic carbocycles. The molecule has 1 heterocycles. The van der Waals surface area contributed by atoms with E-state index in [9.17, 15) is 9.59 Å². The van der Waals surface area contributed by atoms with Crippen LogP contribution in [0, 0.1) is 0 Å². The number of rotatable bonds is 7. The Morgan fingerprint density at radius 2 is 1.62 bits per heavy atom. The maximum atomic E-state index is 12.8. The van der Waals surface area contributed by atoms with Gasteiger partial charge in [-0.05, 0) is 49.2 Å². The molecule has 0 saturated heterocycles. The van der Waals surface area contributed by atoms with Crippen molar-refractivity contribution in [3.8, 4) is 28.4 Å². The van der Waals surface area contributed by atoms with Gasteiger partial charge in [0.15, 0.2) is 6.10 Å². The zero-order chi connectivity index (χ0) is 22.5. The van der Waals surface area contributed by atoms with Gasteiger partial charge in [0.05, 0.1) is 12.0 Å². The van der Waals surface area contributed by atoms with Crippen molar-refractivity contribution in [3.63, 3.8) is 0 Å². The van der Waals surface area contributed by atoms with Crippen LogP contribution in [-0.2, 0) is 9.53 Å². The average molecular weight is 430 g/mol. The molecule has 0 fully saturated rings. The van der Waals surface area contributed by atoms with Crippen molar-refractivity contribution < 1.29 is 23.4 Å². The largest absolute Gasteiger partial charge is 0.479 e. The molecule has 0 aliphatic heterocycles. The Morgan fingerprint density at radius 1 is 0.938 bits per heavy atom. The van der Waals surface area contributed by atoms with Crippen molar-refractivity contribution >= 4 is 16.9 Å². The number of esters is 1. The van der Waals surface area contributed by atoms with E-state index in [1.54, 1.807) is 44.2 Å². The van der Waals surface area contributed by atoms with Crippen molar-refractivity contribution in [2.75, 3.05) is 6.61 Å². The minimum atomic E-state index is -0.777. The predicted octanol–water partition coefficient (Wildman–Crippen LogP) is 5.58. The highest BCUT2D eigenvalue weighted by Gasteiger charge is 2.17. The first kappa shape index (κ1) is 21.2. The fourth-order valence-electron chi connectivity index (χ4n) is 3.22. The van der Waals surface area contributed by atoms with Crippen LogP contribution in [0.2, 0.25) is 0 Å². The first-order valence-electron chi connectivity index (χ1n) is 10.3. The van der Waals surface area contributed by atoms with Crippen molar-refractivity contribution in [3.05, 3.63) is 89.3 Å². The molecule has 6 heteroatoms. The molecule has 4 aromatic rings. The minimum Gasteiger partial charge on any atom is -0.479 e. The van der Waals surface area contributed by atoms with E-state index in [4.69, 9.17) is 18.6 Å². The van der Waals surface area contributed by atoms with Crippen LogP contribution in [-0.4, -0.2) is 18.7 Å². The summed E-state index contributed by atoms with van der Waals surface area (Å²) < 4.78 is 21.9. The van der Waals surface area contributed by atoms with Gasteiger partial charge < -0.3 is 18.6 Å². The standard InChI is InChI=1S/C26H22O6/c1-3-29-26(28)17(2)31-21-13-14-22-23(15-21)30-16-24(25(22)27)32-20-11-9-19(10-12-20)18-7-5-4-6-8-18/h4-17H,3H2,1-2H3/t17-/m0/s1. The van der Waals surface area contributed by atoms with Crippen LogP contribution in [0.3, 0.4) is 0 Å². The molecule has 0 saturated carbocycles. The van der Waals surface area contributed by atoms with Crippen LogP contribution in [0.15, 0.2) is 88.3 Å². The highest BCUT2D eigenvalue weighted by Crippen LogP contribution is 2.27. The molecule has 162 valence electrons. The number of hydrogen-bond acceptors (Lipinski definition) is 6. The summed E-state index contributed by atoms with van der Waals surface area (Å²) in [5.41, 5.74) is 2.17. The van der Waals surface area contributed by atoms with E-state index in [0.717, 1.165) is 11.1 Å². The summed E-state index contributed by atoms with van der Waals surface area (Å²) >= 11 is 0. The summed E-state index contributed by atoms with van der Waals surface area (Å²) in [5.74, 6) is 0.542. The molecule has 0 bridgehead atoms. The molecular formula is C26H22O6. The molecule has 1 atom stereocenters. The second-order valence-corrected chi connectivity index (χ2v) is 7.09. The van der Waals surface area contributed by atoms with Gasteiger partial charge in [0, 0.05) is 6.07 Å². The second-order valence-electron chi connectivity index (χ2n) is 7.09. The van der Waals surface area contributed by atoms with Gasteiger partial charge in [0.1, 0.15) is 23.3 Å². The minimum absolute atomic E-state index is 0.0820. The fraction of sp³-hybridized carbons (Fsp3) is 0.154. The summed E-state index contributed by atoms with van der Waals surface area (Å²) in [5, 5.41) is 0.347. The maximum Gasteiger partial charge on any atom is 0.347 e. The summed E-state index contributed by atoms with van der Waals surface area (Å²) in [6.07, 6.45) is 0.495.